The molecule has 1 aromatic heterocycles. The van der Waals surface area contributed by atoms with Gasteiger partial charge in [0.25, 0.3) is 5.91 Å². The first-order valence-corrected chi connectivity index (χ1v) is 8.79. The summed E-state index contributed by atoms with van der Waals surface area (Å²) in [5.41, 5.74) is 6.57. The number of rotatable bonds is 5. The lowest BCUT2D eigenvalue weighted by atomic mass is 10.2. The van der Waals surface area contributed by atoms with Crippen molar-refractivity contribution in [3.63, 3.8) is 0 Å². The number of fused-ring (bicyclic) bond motifs is 1. The molecule has 20 heavy (non-hydrogen) atoms. The van der Waals surface area contributed by atoms with Crippen molar-refractivity contribution in [2.45, 2.75) is 18.6 Å². The summed E-state index contributed by atoms with van der Waals surface area (Å²) in [6.07, 6.45) is 3.02. The molecule has 0 spiro atoms. The first-order chi connectivity index (χ1) is 9.52. The van der Waals surface area contributed by atoms with Crippen LogP contribution in [0.15, 0.2) is 18.2 Å². The Labute approximate surface area is 131 Å². The molecule has 3 N–H and O–H groups in total. The molecule has 0 saturated heterocycles. The number of thioether (sulfide) groups is 1. The summed E-state index contributed by atoms with van der Waals surface area (Å²) in [5.74, 6) is -0.104. The predicted octanol–water partition coefficient (Wildman–Crippen LogP) is 4.01. The van der Waals surface area contributed by atoms with E-state index in [-0.39, 0.29) is 5.91 Å². The van der Waals surface area contributed by atoms with Crippen LogP contribution in [0.2, 0.25) is 5.02 Å². The monoisotopic (exact) mass is 328 g/mol. The highest BCUT2D eigenvalue weighted by Crippen LogP contribution is 2.35. The second-order valence-corrected chi connectivity index (χ2v) is 7.34. The lowest BCUT2D eigenvalue weighted by Crippen LogP contribution is -2.25. The number of carbonyl (C=O) groups excluding carboxylic acids is 1. The van der Waals surface area contributed by atoms with Crippen LogP contribution in [-0.4, -0.2) is 24.0 Å². The zero-order chi connectivity index (χ0) is 14.7. The third-order valence-electron chi connectivity index (χ3n) is 3.13. The van der Waals surface area contributed by atoms with Gasteiger partial charge in [0.05, 0.1) is 5.69 Å². The van der Waals surface area contributed by atoms with Gasteiger partial charge in [-0.25, -0.2) is 0 Å². The van der Waals surface area contributed by atoms with Crippen LogP contribution in [0.5, 0.6) is 0 Å². The molecule has 0 aliphatic rings. The number of nitrogens with one attached hydrogen (secondary N) is 1. The van der Waals surface area contributed by atoms with Crippen molar-refractivity contribution in [3.8, 4) is 0 Å². The highest BCUT2D eigenvalue weighted by Gasteiger charge is 2.16. The largest absolute Gasteiger partial charge is 0.397 e. The Kier molecular flexibility index (Phi) is 5.18. The van der Waals surface area contributed by atoms with Crippen LogP contribution in [0.4, 0.5) is 5.69 Å². The zero-order valence-corrected chi connectivity index (χ0v) is 13.8. The van der Waals surface area contributed by atoms with E-state index in [1.165, 1.54) is 11.3 Å². The fraction of sp³-hybridized carbons (Fsp3) is 0.357. The third-order valence-corrected chi connectivity index (χ3v) is 5.59. The Morgan fingerprint density at radius 3 is 3.00 bits per heavy atom. The molecule has 0 aliphatic carbocycles. The van der Waals surface area contributed by atoms with E-state index >= 15 is 0 Å². The molecule has 1 heterocycles. The number of anilines is 1. The van der Waals surface area contributed by atoms with Crippen LogP contribution in [0, 0.1) is 0 Å². The van der Waals surface area contributed by atoms with Gasteiger partial charge in [0.2, 0.25) is 0 Å². The molecule has 2 aromatic rings. The molecule has 2 rings (SSSR count). The molecule has 1 unspecified atom stereocenters. The van der Waals surface area contributed by atoms with Crippen LogP contribution in [0.1, 0.15) is 23.0 Å². The molecule has 1 amide bonds. The number of hydrogen-bond donors (Lipinski definition) is 2. The molecule has 3 nitrogen and oxygen atoms in total. The maximum atomic E-state index is 12.2. The maximum Gasteiger partial charge on any atom is 0.263 e. The second kappa shape index (κ2) is 6.70. The molecule has 0 bridgehead atoms. The summed E-state index contributed by atoms with van der Waals surface area (Å²) in [6.45, 7) is 2.81. The van der Waals surface area contributed by atoms with E-state index in [1.54, 1.807) is 17.8 Å². The summed E-state index contributed by atoms with van der Waals surface area (Å²) in [5, 5.41) is 4.94. The van der Waals surface area contributed by atoms with Gasteiger partial charge in [0, 0.05) is 26.9 Å². The van der Waals surface area contributed by atoms with Gasteiger partial charge in [-0.3, -0.25) is 4.79 Å². The van der Waals surface area contributed by atoms with Crippen molar-refractivity contribution in [1.29, 1.82) is 0 Å². The molecule has 108 valence electrons. The number of benzene rings is 1. The fourth-order valence-corrected chi connectivity index (χ4v) is 3.39. The van der Waals surface area contributed by atoms with E-state index in [9.17, 15) is 4.79 Å². The average molecular weight is 329 g/mol. The van der Waals surface area contributed by atoms with Crippen molar-refractivity contribution in [2.75, 3.05) is 18.5 Å². The zero-order valence-electron chi connectivity index (χ0n) is 11.4. The Morgan fingerprint density at radius 2 is 2.30 bits per heavy atom. The fourth-order valence-electron chi connectivity index (χ4n) is 1.84. The Morgan fingerprint density at radius 1 is 1.55 bits per heavy atom. The van der Waals surface area contributed by atoms with Gasteiger partial charge < -0.3 is 11.1 Å². The number of carbonyl (C=O) groups is 1. The number of nitrogens with two attached hydrogens (primary N) is 1. The highest BCUT2D eigenvalue weighted by molar-refractivity contribution is 7.99. The van der Waals surface area contributed by atoms with Crippen LogP contribution >= 0.6 is 34.7 Å². The summed E-state index contributed by atoms with van der Waals surface area (Å²) in [4.78, 5) is 12.7. The number of amides is 1. The van der Waals surface area contributed by atoms with E-state index < -0.39 is 0 Å². The lowest BCUT2D eigenvalue weighted by molar-refractivity contribution is 0.0958. The predicted molar refractivity (Wildman–Crippen MR) is 91.2 cm³/mol. The third kappa shape index (κ3) is 3.40. The number of thiophene rings is 1. The molecule has 0 aliphatic heterocycles. The minimum absolute atomic E-state index is 0.104. The van der Waals surface area contributed by atoms with Crippen molar-refractivity contribution < 1.29 is 4.79 Å². The molecule has 0 saturated carbocycles. The molecule has 1 atom stereocenters. The topological polar surface area (TPSA) is 55.1 Å². The Bertz CT molecular complexity index is 627. The van der Waals surface area contributed by atoms with Crippen molar-refractivity contribution >= 4 is 56.4 Å². The van der Waals surface area contributed by atoms with E-state index in [1.807, 2.05) is 12.1 Å². The van der Waals surface area contributed by atoms with Crippen LogP contribution in [-0.2, 0) is 0 Å². The van der Waals surface area contributed by atoms with Crippen molar-refractivity contribution in [2.24, 2.45) is 0 Å². The van der Waals surface area contributed by atoms with Crippen molar-refractivity contribution in [1.82, 2.24) is 5.32 Å². The van der Waals surface area contributed by atoms with Crippen LogP contribution < -0.4 is 11.1 Å². The van der Waals surface area contributed by atoms with Gasteiger partial charge in [-0.1, -0.05) is 18.5 Å². The second-order valence-electron chi connectivity index (χ2n) is 4.58. The minimum Gasteiger partial charge on any atom is -0.397 e. The summed E-state index contributed by atoms with van der Waals surface area (Å²) >= 11 is 9.16. The van der Waals surface area contributed by atoms with E-state index in [4.69, 9.17) is 17.3 Å². The average Bonchev–Trinajstić information content (AvgIpc) is 2.75. The molecular weight excluding hydrogens is 312 g/mol. The number of halogens is 1. The highest BCUT2D eigenvalue weighted by atomic mass is 35.5. The maximum absolute atomic E-state index is 12.2. The quantitative estimate of drug-likeness (QED) is 0.872. The van der Waals surface area contributed by atoms with Crippen molar-refractivity contribution in [3.05, 3.63) is 28.1 Å². The molecule has 0 fully saturated rings. The van der Waals surface area contributed by atoms with Gasteiger partial charge in [-0.15, -0.1) is 11.3 Å². The van der Waals surface area contributed by atoms with E-state index in [0.29, 0.717) is 27.4 Å². The SMILES string of the molecule is CSC(C)CCNC(=O)c1sc2ccc(Cl)cc2c1N. The number of nitrogen functional groups attached to an aromatic ring is 1. The molecular formula is C14H17ClN2OS2. The van der Waals surface area contributed by atoms with Gasteiger partial charge in [0.15, 0.2) is 0 Å². The van der Waals surface area contributed by atoms with Gasteiger partial charge in [-0.2, -0.15) is 11.8 Å². The summed E-state index contributed by atoms with van der Waals surface area (Å²) < 4.78 is 0.981. The molecule has 0 radical (unpaired) electrons. The first kappa shape index (κ1) is 15.5. The number of hydrogen-bond acceptors (Lipinski definition) is 4. The Balaban J connectivity index is 2.12. The van der Waals surface area contributed by atoms with Crippen LogP contribution in [0.3, 0.4) is 0 Å². The molecule has 6 heteroatoms. The van der Waals surface area contributed by atoms with E-state index in [0.717, 1.165) is 16.5 Å². The van der Waals surface area contributed by atoms with Gasteiger partial charge in [-0.05, 0) is 30.9 Å². The first-order valence-electron chi connectivity index (χ1n) is 6.31. The summed E-state index contributed by atoms with van der Waals surface area (Å²) in [7, 11) is 0. The normalized spacial score (nSPS) is 12.6. The Hall–Kier alpha value is -0.910. The van der Waals surface area contributed by atoms with Gasteiger partial charge >= 0.3 is 0 Å². The molecule has 1 aromatic carbocycles. The smallest absolute Gasteiger partial charge is 0.263 e. The lowest BCUT2D eigenvalue weighted by Gasteiger charge is -2.08. The van der Waals surface area contributed by atoms with Gasteiger partial charge in [0.1, 0.15) is 4.88 Å². The summed E-state index contributed by atoms with van der Waals surface area (Å²) in [6, 6.07) is 5.50. The van der Waals surface area contributed by atoms with E-state index in [2.05, 4.69) is 18.5 Å². The minimum atomic E-state index is -0.104. The van der Waals surface area contributed by atoms with Crippen LogP contribution in [0.25, 0.3) is 10.1 Å². The standard InChI is InChI=1S/C14H17ClN2OS2/c1-8(19-2)5-6-17-14(18)13-12(16)10-7-9(15)3-4-11(10)20-13/h3-4,7-8H,5-6,16H2,1-2H3,(H,17,18).